The number of carbonyl (C=O) groups is 5. The molecule has 1 unspecified atom stereocenters. The first-order chi connectivity index (χ1) is 22.2. The third-order valence-electron chi connectivity index (χ3n) is 9.96. The van der Waals surface area contributed by atoms with Crippen molar-refractivity contribution >= 4 is 72.7 Å². The molecule has 0 saturated heterocycles. The first-order valence-corrected chi connectivity index (χ1v) is 16.3. The highest BCUT2D eigenvalue weighted by Crippen LogP contribution is 2.46. The molecule has 0 radical (unpaired) electrons. The van der Waals surface area contributed by atoms with E-state index in [0.29, 0.717) is 46.2 Å². The Labute approximate surface area is 266 Å². The van der Waals surface area contributed by atoms with Crippen LogP contribution in [0.1, 0.15) is 100 Å². The van der Waals surface area contributed by atoms with Crippen LogP contribution in [-0.2, 0) is 9.53 Å². The van der Waals surface area contributed by atoms with Gasteiger partial charge in [0.2, 0.25) is 0 Å². The number of unbranched alkanes of at least 4 members (excludes halogenated alkanes) is 5. The zero-order valence-electron chi connectivity index (χ0n) is 26.4. The SMILES string of the molecule is CCC(C)C(=O)OCCCCCCCCN1C(=O)c2ccc3c4ccc5c6c(ccc(c7ccc(c2c37)C1=O)c64)C(=O)N(C)C5=O. The number of esters is 1. The van der Waals surface area contributed by atoms with E-state index in [4.69, 9.17) is 4.74 Å². The van der Waals surface area contributed by atoms with E-state index in [2.05, 4.69) is 0 Å². The number of amides is 4. The van der Waals surface area contributed by atoms with Gasteiger partial charge in [0.05, 0.1) is 12.5 Å². The number of hydrogen-bond acceptors (Lipinski definition) is 6. The Kier molecular flexibility index (Phi) is 7.46. The Morgan fingerprint density at radius 1 is 0.609 bits per heavy atom. The van der Waals surface area contributed by atoms with E-state index >= 15 is 0 Å². The van der Waals surface area contributed by atoms with Crippen molar-refractivity contribution in [1.82, 2.24) is 9.80 Å². The molecule has 2 aliphatic heterocycles. The van der Waals surface area contributed by atoms with Crippen molar-refractivity contribution in [2.45, 2.75) is 58.8 Å². The van der Waals surface area contributed by atoms with E-state index in [0.717, 1.165) is 82.2 Å². The zero-order chi connectivity index (χ0) is 32.3. The van der Waals surface area contributed by atoms with Gasteiger partial charge in [0.25, 0.3) is 23.6 Å². The molecule has 8 heteroatoms. The molecule has 5 aromatic rings. The molecule has 0 N–H and O–H groups in total. The quantitative estimate of drug-likeness (QED) is 0.0501. The first kappa shape index (κ1) is 29.8. The molecule has 0 spiro atoms. The fourth-order valence-corrected chi connectivity index (χ4v) is 7.20. The monoisotopic (exact) mass is 616 g/mol. The fraction of sp³-hybridized carbons (Fsp3) is 0.342. The van der Waals surface area contributed by atoms with Crippen molar-refractivity contribution in [2.75, 3.05) is 20.2 Å². The molecule has 2 aliphatic rings. The number of hydrogen-bond donors (Lipinski definition) is 0. The van der Waals surface area contributed by atoms with Crippen LogP contribution in [-0.4, -0.2) is 59.6 Å². The van der Waals surface area contributed by atoms with Gasteiger partial charge in [0, 0.05) is 46.6 Å². The minimum atomic E-state index is -0.326. The number of benzene rings is 5. The minimum Gasteiger partial charge on any atom is -0.465 e. The van der Waals surface area contributed by atoms with E-state index < -0.39 is 0 Å². The highest BCUT2D eigenvalue weighted by Gasteiger charge is 2.35. The molecule has 0 fully saturated rings. The molecule has 0 aliphatic carbocycles. The lowest BCUT2D eigenvalue weighted by molar-refractivity contribution is -0.148. The van der Waals surface area contributed by atoms with Crippen LogP contribution < -0.4 is 0 Å². The van der Waals surface area contributed by atoms with Crippen LogP contribution in [0.3, 0.4) is 0 Å². The standard InChI is InChI=1S/C38H36N2O6/c1-4-21(2)38(45)46-20-10-8-6-5-7-9-19-40-36(43)28-17-13-24-22-11-15-26-32-27(35(42)39(3)34(26)41)16-12-23(30(22)32)25-14-18-29(37(40)44)33(28)31(24)25/h11-18,21H,4-10,19-20H2,1-3H3. The number of nitrogens with zero attached hydrogens (tertiary/aromatic N) is 2. The van der Waals surface area contributed by atoms with Crippen molar-refractivity contribution in [2.24, 2.45) is 5.92 Å². The summed E-state index contributed by atoms with van der Waals surface area (Å²) in [6, 6.07) is 14.9. The van der Waals surface area contributed by atoms with Gasteiger partial charge in [-0.25, -0.2) is 0 Å². The zero-order valence-corrected chi connectivity index (χ0v) is 26.4. The molecule has 7 rings (SSSR count). The maximum atomic E-state index is 13.8. The van der Waals surface area contributed by atoms with Gasteiger partial charge in [-0.3, -0.25) is 33.8 Å². The van der Waals surface area contributed by atoms with Crippen LogP contribution in [0.4, 0.5) is 0 Å². The summed E-state index contributed by atoms with van der Waals surface area (Å²) in [5, 5.41) is 6.56. The second kappa shape index (κ2) is 11.5. The molecule has 2 heterocycles. The first-order valence-electron chi connectivity index (χ1n) is 16.3. The molecule has 46 heavy (non-hydrogen) atoms. The van der Waals surface area contributed by atoms with Crippen LogP contribution in [0.15, 0.2) is 48.5 Å². The number of rotatable bonds is 11. The molecule has 0 bridgehead atoms. The van der Waals surface area contributed by atoms with Crippen LogP contribution in [0.2, 0.25) is 0 Å². The Morgan fingerprint density at radius 2 is 1.02 bits per heavy atom. The van der Waals surface area contributed by atoms with Gasteiger partial charge in [-0.15, -0.1) is 0 Å². The lowest BCUT2D eigenvalue weighted by Crippen LogP contribution is -2.40. The molecule has 234 valence electrons. The Balaban J connectivity index is 1.12. The molecular formula is C38H36N2O6. The van der Waals surface area contributed by atoms with Gasteiger partial charge in [-0.2, -0.15) is 0 Å². The van der Waals surface area contributed by atoms with E-state index in [1.165, 1.54) is 11.9 Å². The van der Waals surface area contributed by atoms with Gasteiger partial charge in [-0.05, 0) is 75.8 Å². The van der Waals surface area contributed by atoms with Crippen molar-refractivity contribution in [3.05, 3.63) is 70.8 Å². The van der Waals surface area contributed by atoms with Gasteiger partial charge >= 0.3 is 5.97 Å². The van der Waals surface area contributed by atoms with Gasteiger partial charge in [0.15, 0.2) is 0 Å². The van der Waals surface area contributed by atoms with Crippen LogP contribution in [0.25, 0.3) is 43.1 Å². The van der Waals surface area contributed by atoms with Gasteiger partial charge in [-0.1, -0.05) is 63.8 Å². The van der Waals surface area contributed by atoms with Crippen molar-refractivity contribution in [3.63, 3.8) is 0 Å². The predicted octanol–water partition coefficient (Wildman–Crippen LogP) is 7.49. The maximum absolute atomic E-state index is 13.8. The Bertz CT molecular complexity index is 1990. The van der Waals surface area contributed by atoms with E-state index in [-0.39, 0.29) is 35.5 Å². The summed E-state index contributed by atoms with van der Waals surface area (Å²) in [6.07, 6.45) is 6.20. The molecule has 4 amide bonds. The topological polar surface area (TPSA) is 101 Å². The smallest absolute Gasteiger partial charge is 0.308 e. The molecule has 0 saturated carbocycles. The second-order valence-electron chi connectivity index (χ2n) is 12.7. The summed E-state index contributed by atoms with van der Waals surface area (Å²) >= 11 is 0. The molecule has 5 aromatic carbocycles. The summed E-state index contributed by atoms with van der Waals surface area (Å²) in [5.74, 6) is -1.40. The number of ether oxygens (including phenoxy) is 1. The van der Waals surface area contributed by atoms with Gasteiger partial charge in [0.1, 0.15) is 0 Å². The summed E-state index contributed by atoms with van der Waals surface area (Å²) in [5.41, 5.74) is 2.02. The van der Waals surface area contributed by atoms with Crippen LogP contribution in [0.5, 0.6) is 0 Å². The van der Waals surface area contributed by atoms with E-state index in [1.807, 2.05) is 50.2 Å². The normalized spacial score (nSPS) is 15.3. The summed E-state index contributed by atoms with van der Waals surface area (Å²) in [7, 11) is 1.50. The Morgan fingerprint density at radius 3 is 1.48 bits per heavy atom. The highest BCUT2D eigenvalue weighted by atomic mass is 16.5. The summed E-state index contributed by atoms with van der Waals surface area (Å²) in [6.45, 7) is 4.66. The van der Waals surface area contributed by atoms with Gasteiger partial charge < -0.3 is 4.74 Å². The Hall–Kier alpha value is -4.85. The minimum absolute atomic E-state index is 0.0592. The predicted molar refractivity (Wildman–Crippen MR) is 178 cm³/mol. The van der Waals surface area contributed by atoms with Crippen molar-refractivity contribution in [3.8, 4) is 0 Å². The fourth-order valence-electron chi connectivity index (χ4n) is 7.20. The number of carbonyl (C=O) groups excluding carboxylic acids is 5. The third kappa shape index (κ3) is 4.45. The van der Waals surface area contributed by atoms with Crippen molar-refractivity contribution < 1.29 is 28.7 Å². The van der Waals surface area contributed by atoms with E-state index in [1.54, 1.807) is 12.1 Å². The lowest BCUT2D eigenvalue weighted by atomic mass is 9.82. The van der Waals surface area contributed by atoms with Crippen molar-refractivity contribution in [1.29, 1.82) is 0 Å². The lowest BCUT2D eigenvalue weighted by Gasteiger charge is -2.29. The highest BCUT2D eigenvalue weighted by molar-refractivity contribution is 6.41. The van der Waals surface area contributed by atoms with Crippen LogP contribution in [0, 0.1) is 5.92 Å². The average molecular weight is 617 g/mol. The largest absolute Gasteiger partial charge is 0.465 e. The number of fused-ring (bicyclic) bond motifs is 2. The molecule has 0 aromatic heterocycles. The average Bonchev–Trinajstić information content (AvgIpc) is 3.07. The molecule has 1 atom stereocenters. The van der Waals surface area contributed by atoms with Crippen LogP contribution >= 0.6 is 0 Å². The summed E-state index contributed by atoms with van der Waals surface area (Å²) < 4.78 is 5.32. The molecule has 8 nitrogen and oxygen atoms in total. The second-order valence-corrected chi connectivity index (χ2v) is 12.7. The number of imide groups is 2. The molecular weight excluding hydrogens is 580 g/mol. The van der Waals surface area contributed by atoms with E-state index in [9.17, 15) is 24.0 Å². The maximum Gasteiger partial charge on any atom is 0.308 e. The summed E-state index contributed by atoms with van der Waals surface area (Å²) in [4.78, 5) is 67.9. The third-order valence-corrected chi connectivity index (χ3v) is 9.96.